The highest BCUT2D eigenvalue weighted by atomic mass is 32.1. The second kappa shape index (κ2) is 4.55. The van der Waals surface area contributed by atoms with Crippen LogP contribution >= 0.6 is 12.6 Å². The lowest BCUT2D eigenvalue weighted by molar-refractivity contribution is -0.186. The number of likely N-dealkylation sites (tertiary alicyclic amines) is 1. The first-order valence-corrected chi connectivity index (χ1v) is 5.07. The van der Waals surface area contributed by atoms with Gasteiger partial charge < -0.3 is 4.90 Å². The predicted molar refractivity (Wildman–Crippen MR) is 49.1 cm³/mol. The Kier molecular flexibility index (Phi) is 3.91. The van der Waals surface area contributed by atoms with Crippen molar-refractivity contribution in [3.8, 4) is 0 Å². The fourth-order valence-electron chi connectivity index (χ4n) is 1.67. The summed E-state index contributed by atoms with van der Waals surface area (Å²) >= 11 is 4.01. The topological polar surface area (TPSA) is 3.24 Å². The average molecular weight is 213 g/mol. The molecular formula is C8H14F3NS. The van der Waals surface area contributed by atoms with Crippen LogP contribution in [0.25, 0.3) is 0 Å². The molecule has 1 unspecified atom stereocenters. The summed E-state index contributed by atoms with van der Waals surface area (Å²) in [6, 6.07) is 0. The molecule has 5 heteroatoms. The summed E-state index contributed by atoms with van der Waals surface area (Å²) in [4.78, 5) is 1.84. The van der Waals surface area contributed by atoms with E-state index >= 15 is 0 Å². The molecule has 1 aliphatic rings. The third kappa shape index (κ3) is 3.38. The molecule has 0 aromatic rings. The Morgan fingerprint density at radius 1 is 1.38 bits per heavy atom. The van der Waals surface area contributed by atoms with Crippen molar-refractivity contribution in [2.75, 3.05) is 25.4 Å². The van der Waals surface area contributed by atoms with Gasteiger partial charge in [-0.25, -0.2) is 0 Å². The Morgan fingerprint density at radius 2 is 2.08 bits per heavy atom. The maximum absolute atomic E-state index is 12.3. The fourth-order valence-corrected chi connectivity index (χ4v) is 1.95. The van der Waals surface area contributed by atoms with Gasteiger partial charge in [0.25, 0.3) is 0 Å². The van der Waals surface area contributed by atoms with E-state index in [0.717, 1.165) is 6.54 Å². The molecule has 0 saturated carbocycles. The van der Waals surface area contributed by atoms with Gasteiger partial charge in [-0.3, -0.25) is 0 Å². The van der Waals surface area contributed by atoms with Gasteiger partial charge >= 0.3 is 6.18 Å². The number of rotatable bonds is 2. The van der Waals surface area contributed by atoms with Gasteiger partial charge in [0.2, 0.25) is 0 Å². The minimum atomic E-state index is -4.02. The number of thiol groups is 1. The summed E-state index contributed by atoms with van der Waals surface area (Å²) in [6.45, 7) is 1.60. The van der Waals surface area contributed by atoms with Crippen molar-refractivity contribution >= 4 is 12.6 Å². The van der Waals surface area contributed by atoms with Crippen LogP contribution in [-0.2, 0) is 0 Å². The molecule has 0 aromatic heterocycles. The van der Waals surface area contributed by atoms with Crippen LogP contribution in [0, 0.1) is 5.92 Å². The number of alkyl halides is 3. The van der Waals surface area contributed by atoms with Crippen LogP contribution in [0.4, 0.5) is 13.2 Å². The highest BCUT2D eigenvalue weighted by Crippen LogP contribution is 2.32. The van der Waals surface area contributed by atoms with Crippen LogP contribution in [0.3, 0.4) is 0 Å². The largest absolute Gasteiger partial charge is 0.393 e. The van der Waals surface area contributed by atoms with Crippen molar-refractivity contribution in [3.63, 3.8) is 0 Å². The van der Waals surface area contributed by atoms with Gasteiger partial charge in [-0.1, -0.05) is 0 Å². The lowest BCUT2D eigenvalue weighted by Gasteiger charge is -2.33. The van der Waals surface area contributed by atoms with E-state index in [0.29, 0.717) is 18.7 Å². The van der Waals surface area contributed by atoms with Crippen LogP contribution in [0.15, 0.2) is 0 Å². The molecule has 1 rings (SSSR count). The number of hydrogen-bond donors (Lipinski definition) is 1. The van der Waals surface area contributed by atoms with E-state index in [-0.39, 0.29) is 13.0 Å². The predicted octanol–water partition coefficient (Wildman–Crippen LogP) is 2.19. The van der Waals surface area contributed by atoms with Crippen molar-refractivity contribution in [3.05, 3.63) is 0 Å². The standard InChI is InChI=1S/C8H14F3NS/c9-8(10,11)7-2-1-3-12(6-7)4-5-13/h7,13H,1-6H2. The number of piperidine rings is 1. The Bertz CT molecular complexity index is 158. The average Bonchev–Trinajstić information content (AvgIpc) is 2.04. The fraction of sp³-hybridized carbons (Fsp3) is 1.00. The molecule has 13 heavy (non-hydrogen) atoms. The van der Waals surface area contributed by atoms with Crippen molar-refractivity contribution in [1.29, 1.82) is 0 Å². The molecule has 1 saturated heterocycles. The Balaban J connectivity index is 2.42. The minimum absolute atomic E-state index is 0.157. The van der Waals surface area contributed by atoms with Gasteiger partial charge in [0, 0.05) is 18.8 Å². The molecule has 0 radical (unpaired) electrons. The van der Waals surface area contributed by atoms with Crippen LogP contribution in [0.5, 0.6) is 0 Å². The summed E-state index contributed by atoms with van der Waals surface area (Å²) in [5.74, 6) is -0.494. The van der Waals surface area contributed by atoms with E-state index in [1.165, 1.54) is 0 Å². The summed E-state index contributed by atoms with van der Waals surface area (Å²) in [6.07, 6.45) is -3.08. The number of nitrogens with zero attached hydrogens (tertiary/aromatic N) is 1. The van der Waals surface area contributed by atoms with E-state index in [1.807, 2.05) is 4.90 Å². The van der Waals surface area contributed by atoms with Gasteiger partial charge in [0.05, 0.1) is 5.92 Å². The van der Waals surface area contributed by atoms with Crippen molar-refractivity contribution in [1.82, 2.24) is 4.90 Å². The normalized spacial score (nSPS) is 26.3. The molecule has 1 fully saturated rings. The third-order valence-electron chi connectivity index (χ3n) is 2.38. The summed E-state index contributed by atoms with van der Waals surface area (Å²) in [5, 5.41) is 0. The molecule has 78 valence electrons. The van der Waals surface area contributed by atoms with E-state index in [4.69, 9.17) is 0 Å². The zero-order valence-corrected chi connectivity index (χ0v) is 8.24. The highest BCUT2D eigenvalue weighted by molar-refractivity contribution is 7.80. The van der Waals surface area contributed by atoms with Gasteiger partial charge in [0.1, 0.15) is 0 Å². The van der Waals surface area contributed by atoms with Crippen LogP contribution in [0.1, 0.15) is 12.8 Å². The molecular weight excluding hydrogens is 199 g/mol. The Morgan fingerprint density at radius 3 is 2.62 bits per heavy atom. The molecule has 0 aliphatic carbocycles. The molecule has 1 aliphatic heterocycles. The van der Waals surface area contributed by atoms with E-state index in [1.54, 1.807) is 0 Å². The summed E-state index contributed by atoms with van der Waals surface area (Å²) in [5.41, 5.74) is 0. The van der Waals surface area contributed by atoms with Gasteiger partial charge in [-0.2, -0.15) is 25.8 Å². The van der Waals surface area contributed by atoms with E-state index < -0.39 is 12.1 Å². The van der Waals surface area contributed by atoms with Gasteiger partial charge in [0.15, 0.2) is 0 Å². The second-order valence-electron chi connectivity index (χ2n) is 3.40. The lowest BCUT2D eigenvalue weighted by Crippen LogP contribution is -2.42. The smallest absolute Gasteiger partial charge is 0.302 e. The lowest BCUT2D eigenvalue weighted by atomic mass is 9.98. The monoisotopic (exact) mass is 213 g/mol. The minimum Gasteiger partial charge on any atom is -0.302 e. The van der Waals surface area contributed by atoms with Crippen LogP contribution < -0.4 is 0 Å². The SMILES string of the molecule is FC(F)(F)C1CCCN(CCS)C1. The Labute approximate surface area is 81.7 Å². The second-order valence-corrected chi connectivity index (χ2v) is 3.85. The number of hydrogen-bond acceptors (Lipinski definition) is 2. The van der Waals surface area contributed by atoms with Gasteiger partial charge in [-0.05, 0) is 19.4 Å². The third-order valence-corrected chi connectivity index (χ3v) is 2.58. The number of halogens is 3. The zero-order valence-electron chi connectivity index (χ0n) is 7.35. The van der Waals surface area contributed by atoms with Gasteiger partial charge in [-0.15, -0.1) is 0 Å². The first-order chi connectivity index (χ1) is 6.04. The van der Waals surface area contributed by atoms with Crippen LogP contribution in [0.2, 0.25) is 0 Å². The molecule has 1 nitrogen and oxygen atoms in total. The molecule has 1 heterocycles. The molecule has 0 spiro atoms. The zero-order chi connectivity index (χ0) is 9.90. The Hall–Kier alpha value is 0.100. The maximum atomic E-state index is 12.3. The quantitative estimate of drug-likeness (QED) is 0.688. The summed E-state index contributed by atoms with van der Waals surface area (Å²) < 4.78 is 36.9. The molecule has 1 atom stereocenters. The summed E-state index contributed by atoms with van der Waals surface area (Å²) in [7, 11) is 0. The maximum Gasteiger partial charge on any atom is 0.393 e. The van der Waals surface area contributed by atoms with Crippen molar-refractivity contribution in [2.24, 2.45) is 5.92 Å². The highest BCUT2D eigenvalue weighted by Gasteiger charge is 2.41. The molecule has 0 amide bonds. The van der Waals surface area contributed by atoms with E-state index in [9.17, 15) is 13.2 Å². The molecule has 0 bridgehead atoms. The first kappa shape index (κ1) is 11.2. The first-order valence-electron chi connectivity index (χ1n) is 4.44. The molecule has 0 aromatic carbocycles. The van der Waals surface area contributed by atoms with E-state index in [2.05, 4.69) is 12.6 Å². The van der Waals surface area contributed by atoms with Crippen molar-refractivity contribution < 1.29 is 13.2 Å². The molecule has 0 N–H and O–H groups in total. The van der Waals surface area contributed by atoms with Crippen LogP contribution in [-0.4, -0.2) is 36.5 Å². The van der Waals surface area contributed by atoms with Crippen molar-refractivity contribution in [2.45, 2.75) is 19.0 Å².